The number of carbonyl (C=O) groups excluding carboxylic acids is 4. The fourth-order valence-corrected chi connectivity index (χ4v) is 6.41. The first kappa shape index (κ1) is 43.0. The largest absolute Gasteiger partial charge is 0.481 e. The van der Waals surface area contributed by atoms with Crippen molar-refractivity contribution in [2.24, 2.45) is 11.8 Å². The maximum absolute atomic E-state index is 12.0. The molecule has 1 amide bonds. The van der Waals surface area contributed by atoms with Gasteiger partial charge in [0.2, 0.25) is 5.91 Å². The third-order valence-electron chi connectivity index (χ3n) is 8.34. The molecule has 3 aromatic rings. The first-order valence-electron chi connectivity index (χ1n) is 18.0. The van der Waals surface area contributed by atoms with Crippen LogP contribution >= 0.6 is 11.3 Å². The van der Waals surface area contributed by atoms with E-state index in [9.17, 15) is 24.0 Å². The zero-order valence-electron chi connectivity index (χ0n) is 31.1. The second-order valence-corrected chi connectivity index (χ2v) is 14.2. The first-order valence-corrected chi connectivity index (χ1v) is 18.8. The Bertz CT molecular complexity index is 1570. The van der Waals surface area contributed by atoms with Crippen molar-refractivity contribution in [1.82, 2.24) is 15.3 Å². The average molecular weight is 725 g/mol. The Labute approximate surface area is 306 Å². The number of thiazole rings is 1. The van der Waals surface area contributed by atoms with Crippen LogP contribution in [0.5, 0.6) is 0 Å². The number of fused-ring (bicyclic) bond motifs is 2. The molecule has 0 saturated heterocycles. The lowest BCUT2D eigenvalue weighted by Crippen LogP contribution is -2.30. The number of ketones is 2. The highest BCUT2D eigenvalue weighted by Crippen LogP contribution is 2.24. The molecule has 0 saturated carbocycles. The highest BCUT2D eigenvalue weighted by atomic mass is 32.1. The molecular weight excluding hydrogens is 669 g/mol. The maximum atomic E-state index is 12.0. The van der Waals surface area contributed by atoms with E-state index in [4.69, 9.17) is 9.84 Å². The molecule has 1 aliphatic heterocycles. The van der Waals surface area contributed by atoms with Crippen LogP contribution in [0.4, 0.5) is 5.82 Å². The molecule has 12 heteroatoms. The molecule has 4 rings (SSSR count). The summed E-state index contributed by atoms with van der Waals surface area (Å²) in [5.74, 6) is 0.170. The summed E-state index contributed by atoms with van der Waals surface area (Å²) in [5, 5.41) is 15.0. The number of anilines is 1. The number of pyridine rings is 1. The first-order chi connectivity index (χ1) is 24.3. The lowest BCUT2D eigenvalue weighted by Gasteiger charge is -2.18. The number of methoxy groups -OCH3 is 1. The second-order valence-electron chi connectivity index (χ2n) is 13.1. The van der Waals surface area contributed by atoms with Crippen LogP contribution in [-0.2, 0) is 43.2 Å². The molecule has 0 radical (unpaired) electrons. The summed E-state index contributed by atoms with van der Waals surface area (Å²) in [5.41, 5.74) is 4.64. The van der Waals surface area contributed by atoms with Crippen LogP contribution in [-0.4, -0.2) is 64.7 Å². The summed E-state index contributed by atoms with van der Waals surface area (Å²) in [6, 6.07) is 10.5. The minimum Gasteiger partial charge on any atom is -0.481 e. The van der Waals surface area contributed by atoms with E-state index in [1.54, 1.807) is 6.92 Å². The molecule has 0 spiro atoms. The van der Waals surface area contributed by atoms with Gasteiger partial charge in [-0.05, 0) is 93.5 Å². The Kier molecular flexibility index (Phi) is 19.6. The molecule has 3 N–H and O–H groups in total. The van der Waals surface area contributed by atoms with Crippen molar-refractivity contribution < 1.29 is 33.8 Å². The Hall–Kier alpha value is -4.19. The zero-order chi connectivity index (χ0) is 37.8. The van der Waals surface area contributed by atoms with Gasteiger partial charge in [0.05, 0.1) is 23.2 Å². The van der Waals surface area contributed by atoms with Crippen LogP contribution in [0, 0.1) is 11.8 Å². The van der Waals surface area contributed by atoms with Gasteiger partial charge in [0, 0.05) is 45.0 Å². The van der Waals surface area contributed by atoms with Crippen LogP contribution in [0.25, 0.3) is 10.2 Å². The summed E-state index contributed by atoms with van der Waals surface area (Å²) in [6.45, 7) is 10.7. The maximum Gasteiger partial charge on any atom is 0.308 e. The fraction of sp³-hybridized carbons (Fsp3) is 0.564. The number of aliphatic carboxylic acids is 1. The van der Waals surface area contributed by atoms with Crippen molar-refractivity contribution in [3.63, 3.8) is 0 Å². The number of aromatic nitrogens is 2. The van der Waals surface area contributed by atoms with Crippen molar-refractivity contribution in [2.75, 3.05) is 25.5 Å². The number of rotatable bonds is 17. The molecule has 1 unspecified atom stereocenters. The van der Waals surface area contributed by atoms with E-state index < -0.39 is 5.97 Å². The Morgan fingerprint density at radius 1 is 0.980 bits per heavy atom. The van der Waals surface area contributed by atoms with Gasteiger partial charge >= 0.3 is 11.9 Å². The number of ether oxygens (including phenoxy) is 1. The molecule has 0 bridgehead atoms. The summed E-state index contributed by atoms with van der Waals surface area (Å²) in [4.78, 5) is 63.9. The predicted molar refractivity (Wildman–Crippen MR) is 202 cm³/mol. The lowest BCUT2D eigenvalue weighted by molar-refractivity contribution is -0.147. The summed E-state index contributed by atoms with van der Waals surface area (Å²) in [7, 11) is 1.41. The number of Topliss-reactive ketones (excluding diaryl/α,β-unsaturated/α-hetero) is 2. The topological polar surface area (TPSA) is 165 Å². The van der Waals surface area contributed by atoms with Gasteiger partial charge in [-0.1, -0.05) is 39.3 Å². The van der Waals surface area contributed by atoms with Crippen molar-refractivity contribution in [3.05, 3.63) is 52.2 Å². The average Bonchev–Trinajstić information content (AvgIpc) is 3.53. The van der Waals surface area contributed by atoms with Crippen LogP contribution in [0.1, 0.15) is 119 Å². The van der Waals surface area contributed by atoms with Gasteiger partial charge in [0.1, 0.15) is 11.6 Å². The van der Waals surface area contributed by atoms with Gasteiger partial charge in [0.25, 0.3) is 0 Å². The highest BCUT2D eigenvalue weighted by molar-refractivity contribution is 7.20. The Balaban J connectivity index is 0.000000312. The van der Waals surface area contributed by atoms with E-state index in [1.165, 1.54) is 42.9 Å². The minimum absolute atomic E-state index is 0.0439. The number of nitrogens with one attached hydrogen (secondary N) is 2. The van der Waals surface area contributed by atoms with Crippen molar-refractivity contribution in [1.29, 1.82) is 0 Å². The minimum atomic E-state index is -0.837. The summed E-state index contributed by atoms with van der Waals surface area (Å²) in [6.07, 6.45) is 9.22. The predicted octanol–water partition coefficient (Wildman–Crippen LogP) is 7.39. The van der Waals surface area contributed by atoms with Crippen LogP contribution < -0.4 is 10.6 Å². The molecule has 1 aliphatic rings. The molecule has 11 nitrogen and oxygen atoms in total. The smallest absolute Gasteiger partial charge is 0.308 e. The van der Waals surface area contributed by atoms with Gasteiger partial charge in [-0.3, -0.25) is 19.2 Å². The van der Waals surface area contributed by atoms with Crippen molar-refractivity contribution >= 4 is 56.8 Å². The van der Waals surface area contributed by atoms with Crippen molar-refractivity contribution in [2.45, 2.75) is 112 Å². The number of benzene rings is 1. The van der Waals surface area contributed by atoms with Crippen LogP contribution in [0.3, 0.4) is 0 Å². The monoisotopic (exact) mass is 724 g/mol. The normalized spacial score (nSPS) is 12.3. The van der Waals surface area contributed by atoms with Gasteiger partial charge in [0.15, 0.2) is 10.8 Å². The van der Waals surface area contributed by atoms with Gasteiger partial charge < -0.3 is 25.3 Å². The summed E-state index contributed by atoms with van der Waals surface area (Å²) >= 11 is 1.48. The standard InChI is InChI=1S/C21H33N3O3.C12H13NOS.C6H10O3/c1-15(2)18(21(26)27-3)12-14-22-19(25)9-5-4-8-17-11-10-16-7-6-13-23-20(16)24-17;1-3-4-9-5-6-10-11(7-9)15-12(13-10)8(2)14;1-5(7)3-2-4-6(8)9/h10-11,15,18H,4-9,12-14H2,1-3H3,(H,22,25)(H,23,24);5-7H,3-4H2,1-2H3;2-4H2,1H3,(H,8,9). The summed E-state index contributed by atoms with van der Waals surface area (Å²) < 4.78 is 5.94. The number of hydrogen-bond donors (Lipinski definition) is 3. The molecule has 1 aromatic carbocycles. The Morgan fingerprint density at radius 2 is 1.75 bits per heavy atom. The molecule has 2 aromatic heterocycles. The quantitative estimate of drug-likeness (QED) is 0.0727. The molecule has 51 heavy (non-hydrogen) atoms. The van der Waals surface area contributed by atoms with Gasteiger partial charge in [-0.25, -0.2) is 9.97 Å². The lowest BCUT2D eigenvalue weighted by atomic mass is 9.92. The molecule has 3 heterocycles. The van der Waals surface area contributed by atoms with Crippen LogP contribution in [0.15, 0.2) is 30.3 Å². The number of hydrogen-bond acceptors (Lipinski definition) is 10. The number of carboxylic acid groups (broad SMARTS) is 1. The number of nitrogens with zero attached hydrogens (tertiary/aromatic N) is 2. The number of aryl methyl sites for hydroxylation is 3. The van der Waals surface area contributed by atoms with E-state index in [2.05, 4.69) is 51.8 Å². The fourth-order valence-electron chi connectivity index (χ4n) is 5.48. The number of amides is 1. The molecule has 280 valence electrons. The number of unbranched alkanes of at least 4 members (excludes halogenated alkanes) is 1. The highest BCUT2D eigenvalue weighted by Gasteiger charge is 2.22. The molecule has 1 atom stereocenters. The van der Waals surface area contributed by atoms with Crippen molar-refractivity contribution in [3.8, 4) is 0 Å². The zero-order valence-corrected chi connectivity index (χ0v) is 32.0. The second kappa shape index (κ2) is 23.3. The molecule has 0 aliphatic carbocycles. The molecule has 0 fully saturated rings. The third kappa shape index (κ3) is 16.6. The van der Waals surface area contributed by atoms with Gasteiger partial charge in [-0.2, -0.15) is 0 Å². The van der Waals surface area contributed by atoms with E-state index in [0.717, 1.165) is 66.8 Å². The number of carboxylic acids is 1. The van der Waals surface area contributed by atoms with Gasteiger partial charge in [-0.15, -0.1) is 11.3 Å². The van der Waals surface area contributed by atoms with E-state index >= 15 is 0 Å². The number of esters is 1. The molecular formula is C39H56N4O7S. The van der Waals surface area contributed by atoms with E-state index in [0.29, 0.717) is 37.2 Å². The SMILES string of the molecule is CC(=O)CCCC(=O)O.CCCc1ccc2nc(C(C)=O)sc2c1.COC(=O)C(CCNC(=O)CCCCc1ccc2c(n1)NCCC2)C(C)C. The van der Waals surface area contributed by atoms with Crippen LogP contribution in [0.2, 0.25) is 0 Å². The van der Waals surface area contributed by atoms with E-state index in [1.807, 2.05) is 19.9 Å². The number of carbonyl (C=O) groups is 5. The third-order valence-corrected chi connectivity index (χ3v) is 9.46. The van der Waals surface area contributed by atoms with E-state index in [-0.39, 0.29) is 41.7 Å². The Morgan fingerprint density at radius 3 is 2.39 bits per heavy atom.